The summed E-state index contributed by atoms with van der Waals surface area (Å²) in [6.45, 7) is 1.37. The lowest BCUT2D eigenvalue weighted by atomic mass is 9.98. The molecule has 1 atom stereocenters. The number of likely N-dealkylation sites (tertiary alicyclic amines) is 1. The van der Waals surface area contributed by atoms with Crippen molar-refractivity contribution >= 4 is 0 Å². The van der Waals surface area contributed by atoms with Crippen molar-refractivity contribution < 1.29 is 4.39 Å². The average Bonchev–Trinajstić information content (AvgIpc) is 2.70. The van der Waals surface area contributed by atoms with Crippen LogP contribution in [0, 0.1) is 5.82 Å². The van der Waals surface area contributed by atoms with E-state index in [9.17, 15) is 9.18 Å². The molecule has 1 N–H and O–H groups in total. The van der Waals surface area contributed by atoms with Gasteiger partial charge in [0.1, 0.15) is 11.6 Å². The Morgan fingerprint density at radius 3 is 2.78 bits per heavy atom. The number of nitrogens with one attached hydrogen (secondary N) is 1. The summed E-state index contributed by atoms with van der Waals surface area (Å²) in [4.78, 5) is 26.0. The predicted octanol–water partition coefficient (Wildman–Crippen LogP) is 3.70. The Morgan fingerprint density at radius 2 is 1.96 bits per heavy atom. The third-order valence-electron chi connectivity index (χ3n) is 5.00. The minimum absolute atomic E-state index is 0.00115. The van der Waals surface area contributed by atoms with E-state index >= 15 is 0 Å². The highest BCUT2D eigenvalue weighted by atomic mass is 19.1. The largest absolute Gasteiger partial charge is 0.307 e. The number of rotatable bonds is 4. The Labute approximate surface area is 156 Å². The molecule has 138 valence electrons. The first-order valence-electron chi connectivity index (χ1n) is 9.20. The molecule has 5 nitrogen and oxygen atoms in total. The van der Waals surface area contributed by atoms with E-state index < -0.39 is 0 Å². The van der Waals surface area contributed by atoms with Crippen LogP contribution >= 0.6 is 0 Å². The number of benzene rings is 1. The van der Waals surface area contributed by atoms with Gasteiger partial charge < -0.3 is 4.98 Å². The molecule has 3 heterocycles. The fourth-order valence-corrected chi connectivity index (χ4v) is 3.65. The molecule has 1 aromatic carbocycles. The highest BCUT2D eigenvalue weighted by Crippen LogP contribution is 2.31. The van der Waals surface area contributed by atoms with Crippen molar-refractivity contribution in [2.24, 2.45) is 0 Å². The SMILES string of the molecule is O=c1cc([C@@H]2CCCCN2Cc2ccccc2F)nc(-c2ccncc2)[nH]1. The summed E-state index contributed by atoms with van der Waals surface area (Å²) in [5.74, 6) is 0.342. The molecule has 27 heavy (non-hydrogen) atoms. The lowest BCUT2D eigenvalue weighted by Gasteiger charge is -2.35. The van der Waals surface area contributed by atoms with Gasteiger partial charge >= 0.3 is 0 Å². The molecule has 2 aromatic heterocycles. The number of aromatic nitrogens is 3. The summed E-state index contributed by atoms with van der Waals surface area (Å²) < 4.78 is 14.1. The van der Waals surface area contributed by atoms with Crippen LogP contribution in [0.25, 0.3) is 11.4 Å². The quantitative estimate of drug-likeness (QED) is 0.767. The van der Waals surface area contributed by atoms with Crippen molar-refractivity contribution in [3.05, 3.63) is 82.3 Å². The van der Waals surface area contributed by atoms with Gasteiger partial charge in [-0.3, -0.25) is 14.7 Å². The molecule has 1 aliphatic heterocycles. The summed E-state index contributed by atoms with van der Waals surface area (Å²) in [6.07, 6.45) is 6.38. The highest BCUT2D eigenvalue weighted by Gasteiger charge is 2.26. The van der Waals surface area contributed by atoms with Crippen molar-refractivity contribution in [3.63, 3.8) is 0 Å². The summed E-state index contributed by atoms with van der Waals surface area (Å²) in [5.41, 5.74) is 2.05. The van der Waals surface area contributed by atoms with Crippen LogP contribution in [-0.2, 0) is 6.54 Å². The third-order valence-corrected chi connectivity index (χ3v) is 5.00. The zero-order valence-electron chi connectivity index (χ0n) is 14.9. The molecular weight excluding hydrogens is 343 g/mol. The number of piperidine rings is 1. The van der Waals surface area contributed by atoms with Gasteiger partial charge in [-0.2, -0.15) is 0 Å². The van der Waals surface area contributed by atoms with Crippen LogP contribution in [0.4, 0.5) is 4.39 Å². The van der Waals surface area contributed by atoms with Crippen molar-refractivity contribution in [3.8, 4) is 11.4 Å². The van der Waals surface area contributed by atoms with Gasteiger partial charge in [0.15, 0.2) is 0 Å². The van der Waals surface area contributed by atoms with E-state index in [1.807, 2.05) is 24.3 Å². The van der Waals surface area contributed by atoms with Crippen LogP contribution in [0.15, 0.2) is 59.7 Å². The van der Waals surface area contributed by atoms with Crippen molar-refractivity contribution in [2.45, 2.75) is 31.8 Å². The van der Waals surface area contributed by atoms with E-state index in [2.05, 4.69) is 14.9 Å². The van der Waals surface area contributed by atoms with Crippen LogP contribution in [0.1, 0.15) is 36.6 Å². The van der Waals surface area contributed by atoms with Gasteiger partial charge in [0.05, 0.1) is 11.7 Å². The van der Waals surface area contributed by atoms with Gasteiger partial charge in [0.25, 0.3) is 5.56 Å². The van der Waals surface area contributed by atoms with Crippen molar-refractivity contribution in [1.29, 1.82) is 0 Å². The maximum absolute atomic E-state index is 14.1. The molecular formula is C21H21FN4O. The standard InChI is InChI=1S/C21H21FN4O/c22-17-6-2-1-5-16(17)14-26-12-4-3-7-19(26)18-13-20(27)25-21(24-18)15-8-10-23-11-9-15/h1-2,5-6,8-11,13,19H,3-4,7,12,14H2,(H,24,25,27)/t19-/m0/s1. The van der Waals surface area contributed by atoms with Crippen LogP contribution in [0.3, 0.4) is 0 Å². The Morgan fingerprint density at radius 1 is 1.15 bits per heavy atom. The van der Waals surface area contributed by atoms with Crippen LogP contribution in [-0.4, -0.2) is 26.4 Å². The highest BCUT2D eigenvalue weighted by molar-refractivity contribution is 5.53. The van der Waals surface area contributed by atoms with E-state index in [1.54, 1.807) is 24.5 Å². The smallest absolute Gasteiger partial charge is 0.251 e. The Balaban J connectivity index is 1.67. The summed E-state index contributed by atoms with van der Waals surface area (Å²) in [7, 11) is 0. The van der Waals surface area contributed by atoms with Gasteiger partial charge in [0, 0.05) is 36.1 Å². The van der Waals surface area contributed by atoms with E-state index in [-0.39, 0.29) is 17.4 Å². The average molecular weight is 364 g/mol. The molecule has 0 aliphatic carbocycles. The van der Waals surface area contributed by atoms with Crippen LogP contribution < -0.4 is 5.56 Å². The first-order chi connectivity index (χ1) is 13.2. The Hall–Kier alpha value is -2.86. The van der Waals surface area contributed by atoms with Gasteiger partial charge in [-0.1, -0.05) is 24.6 Å². The second-order valence-electron chi connectivity index (χ2n) is 6.83. The number of halogens is 1. The summed E-state index contributed by atoms with van der Waals surface area (Å²) in [6, 6.07) is 12.1. The molecule has 0 amide bonds. The second-order valence-corrected chi connectivity index (χ2v) is 6.83. The van der Waals surface area contributed by atoms with E-state index in [1.165, 1.54) is 6.07 Å². The predicted molar refractivity (Wildman–Crippen MR) is 101 cm³/mol. The van der Waals surface area contributed by atoms with Gasteiger partial charge in [0.2, 0.25) is 0 Å². The van der Waals surface area contributed by atoms with Crippen LogP contribution in [0.2, 0.25) is 0 Å². The number of hydrogen-bond acceptors (Lipinski definition) is 4. The van der Waals surface area contributed by atoms with E-state index in [0.717, 1.165) is 37.1 Å². The minimum atomic E-state index is -0.196. The number of nitrogens with zero attached hydrogens (tertiary/aromatic N) is 3. The number of pyridine rings is 1. The molecule has 1 aliphatic rings. The van der Waals surface area contributed by atoms with Crippen LogP contribution in [0.5, 0.6) is 0 Å². The van der Waals surface area contributed by atoms with Gasteiger partial charge in [-0.05, 0) is 37.6 Å². The van der Waals surface area contributed by atoms with Crippen molar-refractivity contribution in [1.82, 2.24) is 19.9 Å². The number of H-pyrrole nitrogens is 1. The van der Waals surface area contributed by atoms with Crippen molar-refractivity contribution in [2.75, 3.05) is 6.54 Å². The molecule has 1 saturated heterocycles. The van der Waals surface area contributed by atoms with Gasteiger partial charge in [-0.25, -0.2) is 9.37 Å². The molecule has 0 spiro atoms. The zero-order valence-corrected chi connectivity index (χ0v) is 14.9. The zero-order chi connectivity index (χ0) is 18.6. The monoisotopic (exact) mass is 364 g/mol. The third kappa shape index (κ3) is 3.95. The first-order valence-corrected chi connectivity index (χ1v) is 9.20. The first kappa shape index (κ1) is 17.5. The summed E-state index contributed by atoms with van der Waals surface area (Å²) >= 11 is 0. The molecule has 0 radical (unpaired) electrons. The maximum atomic E-state index is 14.1. The fourth-order valence-electron chi connectivity index (χ4n) is 3.65. The topological polar surface area (TPSA) is 61.9 Å². The maximum Gasteiger partial charge on any atom is 0.251 e. The fraction of sp³-hybridized carbons (Fsp3) is 0.286. The van der Waals surface area contributed by atoms with E-state index in [4.69, 9.17) is 4.98 Å². The molecule has 0 bridgehead atoms. The van der Waals surface area contributed by atoms with Gasteiger partial charge in [-0.15, -0.1) is 0 Å². The normalized spacial score (nSPS) is 17.7. The summed E-state index contributed by atoms with van der Waals surface area (Å²) in [5, 5.41) is 0. The molecule has 1 fully saturated rings. The second kappa shape index (κ2) is 7.80. The minimum Gasteiger partial charge on any atom is -0.307 e. The molecule has 6 heteroatoms. The lowest BCUT2D eigenvalue weighted by molar-refractivity contribution is 0.135. The molecule has 4 rings (SSSR count). The molecule has 3 aromatic rings. The molecule has 0 unspecified atom stereocenters. The van der Waals surface area contributed by atoms with E-state index in [0.29, 0.717) is 17.9 Å². The Kier molecular flexibility index (Phi) is 5.07. The lowest BCUT2D eigenvalue weighted by Crippen LogP contribution is -2.34. The Bertz CT molecular complexity index is 973. The molecule has 0 saturated carbocycles. The number of aromatic amines is 1. The number of hydrogen-bond donors (Lipinski definition) is 1.